The summed E-state index contributed by atoms with van der Waals surface area (Å²) in [6, 6.07) is 25.7. The maximum Gasteiger partial charge on any atom is 0.186 e. The van der Waals surface area contributed by atoms with Gasteiger partial charge in [0.15, 0.2) is 5.78 Å². The van der Waals surface area contributed by atoms with Crippen molar-refractivity contribution in [3.63, 3.8) is 0 Å². The number of pyridine rings is 1. The van der Waals surface area contributed by atoms with E-state index in [9.17, 15) is 9.18 Å². The summed E-state index contributed by atoms with van der Waals surface area (Å²) in [6.07, 6.45) is 6.06. The van der Waals surface area contributed by atoms with Crippen molar-refractivity contribution in [3.8, 4) is 11.1 Å². The first-order chi connectivity index (χ1) is 16.7. The van der Waals surface area contributed by atoms with Gasteiger partial charge in [-0.15, -0.1) is 0 Å². The number of Topliss-reactive ketones (excluding diaryl/α,β-unsaturated/α-hetero) is 1. The number of nitrogens with one attached hydrogen (secondary N) is 2. The third kappa shape index (κ3) is 4.65. The zero-order valence-corrected chi connectivity index (χ0v) is 18.5. The van der Waals surface area contributed by atoms with E-state index in [1.807, 2.05) is 66.9 Å². The van der Waals surface area contributed by atoms with Gasteiger partial charge in [0.25, 0.3) is 0 Å². The predicted octanol–water partition coefficient (Wildman–Crippen LogP) is 6.13. The van der Waals surface area contributed by atoms with Crippen LogP contribution in [0.1, 0.15) is 27.5 Å². The standard InChI is InChI=1S/C29H24FN3O/c30-24-11-8-20(9-12-24)14-16-32-28(21-5-2-1-3-6-21)29(34)26-19-33-27-17-22(10-13-25(26)27)23-7-4-15-31-18-23/h1-13,15,17-19,28,32-33H,14,16H2/t28-/m0/s1. The van der Waals surface area contributed by atoms with Crippen LogP contribution in [0.2, 0.25) is 0 Å². The number of aromatic amines is 1. The molecule has 0 bridgehead atoms. The highest BCUT2D eigenvalue weighted by Gasteiger charge is 2.24. The molecule has 2 aromatic heterocycles. The van der Waals surface area contributed by atoms with E-state index in [0.29, 0.717) is 18.5 Å². The third-order valence-corrected chi connectivity index (χ3v) is 6.01. The summed E-state index contributed by atoms with van der Waals surface area (Å²) in [5.41, 5.74) is 5.55. The van der Waals surface area contributed by atoms with Gasteiger partial charge < -0.3 is 10.3 Å². The van der Waals surface area contributed by atoms with Crippen molar-refractivity contribution >= 4 is 16.7 Å². The fourth-order valence-corrected chi connectivity index (χ4v) is 4.22. The number of H-pyrrole nitrogens is 1. The summed E-state index contributed by atoms with van der Waals surface area (Å²) in [5.74, 6) is -0.245. The van der Waals surface area contributed by atoms with E-state index >= 15 is 0 Å². The number of aromatic nitrogens is 2. The Hall–Kier alpha value is -4.09. The summed E-state index contributed by atoms with van der Waals surface area (Å²) in [6.45, 7) is 0.588. The molecule has 4 nitrogen and oxygen atoms in total. The van der Waals surface area contributed by atoms with Gasteiger partial charge in [-0.2, -0.15) is 0 Å². The van der Waals surface area contributed by atoms with Crippen LogP contribution in [0.15, 0.2) is 104 Å². The molecule has 2 N–H and O–H groups in total. The number of nitrogens with zero attached hydrogens (tertiary/aromatic N) is 1. The minimum Gasteiger partial charge on any atom is -0.360 e. The number of hydrogen-bond acceptors (Lipinski definition) is 3. The van der Waals surface area contributed by atoms with Crippen LogP contribution < -0.4 is 5.32 Å². The number of ketones is 1. The van der Waals surface area contributed by atoms with Crippen LogP contribution in [-0.4, -0.2) is 22.3 Å². The number of benzene rings is 3. The van der Waals surface area contributed by atoms with E-state index in [2.05, 4.69) is 15.3 Å². The molecular weight excluding hydrogens is 425 g/mol. The van der Waals surface area contributed by atoms with Crippen LogP contribution in [0.3, 0.4) is 0 Å². The van der Waals surface area contributed by atoms with Crippen LogP contribution in [0.5, 0.6) is 0 Å². The molecule has 2 heterocycles. The quantitative estimate of drug-likeness (QED) is 0.280. The van der Waals surface area contributed by atoms with Gasteiger partial charge in [0, 0.05) is 47.2 Å². The second-order valence-electron chi connectivity index (χ2n) is 8.24. The smallest absolute Gasteiger partial charge is 0.186 e. The maximum atomic E-state index is 13.7. The summed E-state index contributed by atoms with van der Waals surface area (Å²) in [5, 5.41) is 4.31. The van der Waals surface area contributed by atoms with Gasteiger partial charge in [-0.25, -0.2) is 4.39 Å². The first-order valence-corrected chi connectivity index (χ1v) is 11.3. The van der Waals surface area contributed by atoms with E-state index in [4.69, 9.17) is 0 Å². The lowest BCUT2D eigenvalue weighted by Crippen LogP contribution is -2.30. The second kappa shape index (κ2) is 9.81. The second-order valence-corrected chi connectivity index (χ2v) is 8.24. The van der Waals surface area contributed by atoms with Crippen molar-refractivity contribution in [1.29, 1.82) is 0 Å². The summed E-state index contributed by atoms with van der Waals surface area (Å²) < 4.78 is 13.2. The zero-order valence-electron chi connectivity index (χ0n) is 18.5. The average Bonchev–Trinajstić information content (AvgIpc) is 3.32. The Balaban J connectivity index is 1.40. The van der Waals surface area contributed by atoms with Crippen molar-refractivity contribution in [1.82, 2.24) is 15.3 Å². The Bertz CT molecular complexity index is 1400. The van der Waals surface area contributed by atoms with Gasteiger partial charge in [-0.3, -0.25) is 9.78 Å². The summed E-state index contributed by atoms with van der Waals surface area (Å²) >= 11 is 0. The van der Waals surface area contributed by atoms with E-state index in [0.717, 1.165) is 33.2 Å². The van der Waals surface area contributed by atoms with Crippen LogP contribution in [0.25, 0.3) is 22.0 Å². The Morgan fingerprint density at radius 3 is 2.53 bits per heavy atom. The minimum absolute atomic E-state index is 0.00526. The lowest BCUT2D eigenvalue weighted by Gasteiger charge is -2.18. The Kier molecular flexibility index (Phi) is 6.27. The van der Waals surface area contributed by atoms with Crippen molar-refractivity contribution < 1.29 is 9.18 Å². The molecule has 168 valence electrons. The Morgan fingerprint density at radius 1 is 0.941 bits per heavy atom. The predicted molar refractivity (Wildman–Crippen MR) is 133 cm³/mol. The lowest BCUT2D eigenvalue weighted by atomic mass is 9.96. The highest BCUT2D eigenvalue weighted by Crippen LogP contribution is 2.28. The molecule has 34 heavy (non-hydrogen) atoms. The SMILES string of the molecule is O=C(c1c[nH]c2cc(-c3cccnc3)ccc12)[C@@H](NCCc1ccc(F)cc1)c1ccccc1. The molecule has 0 amide bonds. The molecule has 0 aliphatic rings. The summed E-state index contributed by atoms with van der Waals surface area (Å²) in [7, 11) is 0. The molecule has 5 heteroatoms. The number of carbonyl (C=O) groups is 1. The van der Waals surface area contributed by atoms with E-state index < -0.39 is 6.04 Å². The highest BCUT2D eigenvalue weighted by atomic mass is 19.1. The van der Waals surface area contributed by atoms with E-state index in [1.165, 1.54) is 12.1 Å². The number of fused-ring (bicyclic) bond motifs is 1. The van der Waals surface area contributed by atoms with Crippen LogP contribution in [0.4, 0.5) is 4.39 Å². The Labute approximate surface area is 197 Å². The van der Waals surface area contributed by atoms with Gasteiger partial charge >= 0.3 is 0 Å². The van der Waals surface area contributed by atoms with Gasteiger partial charge in [0.05, 0.1) is 6.04 Å². The van der Waals surface area contributed by atoms with Crippen molar-refractivity contribution in [3.05, 3.63) is 126 Å². The highest BCUT2D eigenvalue weighted by molar-refractivity contribution is 6.11. The van der Waals surface area contributed by atoms with Crippen LogP contribution in [-0.2, 0) is 6.42 Å². The molecule has 0 saturated carbocycles. The van der Waals surface area contributed by atoms with Gasteiger partial charge in [-0.05, 0) is 47.4 Å². The van der Waals surface area contributed by atoms with Crippen LogP contribution in [0, 0.1) is 5.82 Å². The molecular formula is C29H24FN3O. The molecule has 0 radical (unpaired) electrons. The fourth-order valence-electron chi connectivity index (χ4n) is 4.22. The average molecular weight is 450 g/mol. The first kappa shape index (κ1) is 21.7. The zero-order chi connectivity index (χ0) is 23.3. The fraction of sp³-hybridized carbons (Fsp3) is 0.103. The van der Waals surface area contributed by atoms with Gasteiger partial charge in [0.2, 0.25) is 0 Å². The number of hydrogen-bond donors (Lipinski definition) is 2. The number of rotatable bonds is 8. The molecule has 1 atom stereocenters. The Morgan fingerprint density at radius 2 is 1.76 bits per heavy atom. The molecule has 0 aliphatic heterocycles. The molecule has 0 spiro atoms. The van der Waals surface area contributed by atoms with Gasteiger partial charge in [0.1, 0.15) is 5.82 Å². The van der Waals surface area contributed by atoms with Crippen molar-refractivity contribution in [2.24, 2.45) is 0 Å². The van der Waals surface area contributed by atoms with Crippen molar-refractivity contribution in [2.45, 2.75) is 12.5 Å². The molecule has 0 unspecified atom stereocenters. The van der Waals surface area contributed by atoms with Crippen LogP contribution >= 0.6 is 0 Å². The molecule has 5 aromatic rings. The molecule has 5 rings (SSSR count). The largest absolute Gasteiger partial charge is 0.360 e. The monoisotopic (exact) mass is 449 g/mol. The molecule has 0 aliphatic carbocycles. The van der Waals surface area contributed by atoms with Gasteiger partial charge in [-0.1, -0.05) is 60.7 Å². The first-order valence-electron chi connectivity index (χ1n) is 11.3. The molecule has 0 fully saturated rings. The number of halogens is 1. The van der Waals surface area contributed by atoms with E-state index in [1.54, 1.807) is 24.5 Å². The van der Waals surface area contributed by atoms with E-state index in [-0.39, 0.29) is 11.6 Å². The third-order valence-electron chi connectivity index (χ3n) is 6.01. The normalized spacial score (nSPS) is 12.0. The topological polar surface area (TPSA) is 57.8 Å². The number of carbonyl (C=O) groups excluding carboxylic acids is 1. The maximum absolute atomic E-state index is 13.7. The minimum atomic E-state index is -0.487. The molecule has 3 aromatic carbocycles. The van der Waals surface area contributed by atoms with Crippen molar-refractivity contribution in [2.75, 3.05) is 6.54 Å². The summed E-state index contributed by atoms with van der Waals surface area (Å²) in [4.78, 5) is 21.2. The molecule has 0 saturated heterocycles. The lowest BCUT2D eigenvalue weighted by molar-refractivity contribution is 0.0945.